The number of likely N-dealkylation sites (N-methyl/N-ethyl adjacent to an activating group) is 1. The minimum atomic E-state index is -1.13. The van der Waals surface area contributed by atoms with Crippen LogP contribution >= 0.6 is 0 Å². The molecule has 2 rings (SSSR count). The number of nitrogens with two attached hydrogens (primary N) is 1. The number of hydrogen-bond acceptors (Lipinski definition) is 4. The molecule has 116 valence electrons. The van der Waals surface area contributed by atoms with E-state index >= 15 is 0 Å². The van der Waals surface area contributed by atoms with E-state index in [1.54, 1.807) is 0 Å². The van der Waals surface area contributed by atoms with Crippen LogP contribution in [0.1, 0.15) is 23.2 Å². The van der Waals surface area contributed by atoms with Crippen molar-refractivity contribution in [3.05, 3.63) is 29.3 Å². The number of carbonyl (C=O) groups excluding carboxylic acids is 1. The molecular formula is C14H18F2N2O3. The molecule has 7 heteroatoms. The van der Waals surface area contributed by atoms with Crippen LogP contribution in [0, 0.1) is 11.6 Å². The molecule has 1 heterocycles. The maximum Gasteiger partial charge on any atom is 0.255 e. The summed E-state index contributed by atoms with van der Waals surface area (Å²) in [5.74, 6) is -2.80. The van der Waals surface area contributed by atoms with Crippen LogP contribution in [0.5, 0.6) is 0 Å². The van der Waals surface area contributed by atoms with Gasteiger partial charge in [0.2, 0.25) is 0 Å². The van der Waals surface area contributed by atoms with Gasteiger partial charge in [0.05, 0.1) is 11.2 Å². The lowest BCUT2D eigenvalue weighted by Crippen LogP contribution is -2.47. The fourth-order valence-corrected chi connectivity index (χ4v) is 2.38. The molecule has 3 N–H and O–H groups in total. The van der Waals surface area contributed by atoms with Gasteiger partial charge in [-0.15, -0.1) is 0 Å². The van der Waals surface area contributed by atoms with Crippen molar-refractivity contribution in [2.24, 2.45) is 0 Å². The van der Waals surface area contributed by atoms with Gasteiger partial charge in [0, 0.05) is 51.4 Å². The Balaban J connectivity index is 2.14. The van der Waals surface area contributed by atoms with Crippen LogP contribution in [0.25, 0.3) is 0 Å². The Bertz CT molecular complexity index is 545. The number of halogens is 2. The second-order valence-electron chi connectivity index (χ2n) is 5.35. The maximum atomic E-state index is 13.2. The Morgan fingerprint density at radius 2 is 1.95 bits per heavy atom. The number of amides is 1. The van der Waals surface area contributed by atoms with Crippen molar-refractivity contribution < 1.29 is 23.4 Å². The highest BCUT2D eigenvalue weighted by molar-refractivity contribution is 5.99. The number of carbonyl (C=O) groups is 1. The maximum absolute atomic E-state index is 13.2. The zero-order valence-corrected chi connectivity index (χ0v) is 11.7. The first-order chi connectivity index (χ1) is 9.82. The summed E-state index contributed by atoms with van der Waals surface area (Å²) in [6.07, 6.45) is 0.829. The molecule has 0 saturated carbocycles. The van der Waals surface area contributed by atoms with Gasteiger partial charge in [0.1, 0.15) is 0 Å². The Labute approximate surface area is 121 Å². The van der Waals surface area contributed by atoms with E-state index in [0.29, 0.717) is 26.1 Å². The lowest BCUT2D eigenvalue weighted by atomic mass is 9.93. The second kappa shape index (κ2) is 5.95. The van der Waals surface area contributed by atoms with Gasteiger partial charge in [-0.1, -0.05) is 0 Å². The predicted octanol–water partition coefficient (Wildman–Crippen LogP) is 1.16. The molecule has 0 unspecified atom stereocenters. The van der Waals surface area contributed by atoms with Gasteiger partial charge in [-0.25, -0.2) is 8.78 Å². The third-order valence-corrected chi connectivity index (χ3v) is 3.62. The van der Waals surface area contributed by atoms with Crippen molar-refractivity contribution >= 4 is 11.6 Å². The Morgan fingerprint density at radius 1 is 1.38 bits per heavy atom. The number of anilines is 1. The highest BCUT2D eigenvalue weighted by atomic mass is 19.2. The van der Waals surface area contributed by atoms with Gasteiger partial charge in [0.25, 0.3) is 5.91 Å². The topological polar surface area (TPSA) is 75.8 Å². The molecule has 0 spiro atoms. The fraction of sp³-hybridized carbons (Fsp3) is 0.500. The van der Waals surface area contributed by atoms with E-state index < -0.39 is 23.1 Å². The van der Waals surface area contributed by atoms with Gasteiger partial charge in [-0.05, 0) is 6.07 Å². The molecule has 1 aromatic carbocycles. The Morgan fingerprint density at radius 3 is 2.57 bits per heavy atom. The third kappa shape index (κ3) is 3.48. The molecule has 1 aliphatic heterocycles. The van der Waals surface area contributed by atoms with Gasteiger partial charge < -0.3 is 20.5 Å². The molecule has 5 nitrogen and oxygen atoms in total. The number of nitrogens with zero attached hydrogens (tertiary/aromatic N) is 1. The monoisotopic (exact) mass is 300 g/mol. The van der Waals surface area contributed by atoms with Crippen LogP contribution < -0.4 is 5.73 Å². The summed E-state index contributed by atoms with van der Waals surface area (Å²) >= 11 is 0. The van der Waals surface area contributed by atoms with E-state index in [9.17, 15) is 18.7 Å². The molecule has 0 aromatic heterocycles. The summed E-state index contributed by atoms with van der Waals surface area (Å²) in [7, 11) is 1.48. The van der Waals surface area contributed by atoms with Gasteiger partial charge in [0.15, 0.2) is 11.6 Å². The van der Waals surface area contributed by atoms with E-state index in [1.807, 2.05) is 0 Å². The predicted molar refractivity (Wildman–Crippen MR) is 72.7 cm³/mol. The third-order valence-electron chi connectivity index (χ3n) is 3.62. The van der Waals surface area contributed by atoms with E-state index in [4.69, 9.17) is 10.5 Å². The van der Waals surface area contributed by atoms with E-state index in [0.717, 1.165) is 12.1 Å². The van der Waals surface area contributed by atoms with E-state index in [1.165, 1.54) is 11.9 Å². The van der Waals surface area contributed by atoms with E-state index in [-0.39, 0.29) is 17.8 Å². The van der Waals surface area contributed by atoms with Crippen molar-refractivity contribution in [3.8, 4) is 0 Å². The van der Waals surface area contributed by atoms with Gasteiger partial charge in [-0.2, -0.15) is 0 Å². The fourth-order valence-electron chi connectivity index (χ4n) is 2.38. The molecular weight excluding hydrogens is 282 g/mol. The molecule has 21 heavy (non-hydrogen) atoms. The van der Waals surface area contributed by atoms with Crippen molar-refractivity contribution in [3.63, 3.8) is 0 Å². The Kier molecular flexibility index (Phi) is 4.43. The van der Waals surface area contributed by atoms with Gasteiger partial charge >= 0.3 is 0 Å². The quantitative estimate of drug-likeness (QED) is 0.821. The minimum Gasteiger partial charge on any atom is -0.398 e. The smallest absolute Gasteiger partial charge is 0.255 e. The van der Waals surface area contributed by atoms with Crippen LogP contribution in [0.2, 0.25) is 0 Å². The van der Waals surface area contributed by atoms with Crippen molar-refractivity contribution in [1.29, 1.82) is 0 Å². The first kappa shape index (κ1) is 15.7. The van der Waals surface area contributed by atoms with Crippen LogP contribution in [-0.4, -0.2) is 48.3 Å². The molecule has 1 aliphatic rings. The molecule has 1 aromatic rings. The number of hydrogen-bond donors (Lipinski definition) is 2. The minimum absolute atomic E-state index is 0.0770. The second-order valence-corrected chi connectivity index (χ2v) is 5.35. The van der Waals surface area contributed by atoms with Crippen molar-refractivity contribution in [1.82, 2.24) is 4.90 Å². The summed E-state index contributed by atoms with van der Waals surface area (Å²) < 4.78 is 31.4. The summed E-state index contributed by atoms with van der Waals surface area (Å²) in [5, 5.41) is 10.4. The first-order valence-electron chi connectivity index (χ1n) is 6.62. The van der Waals surface area contributed by atoms with Crippen LogP contribution in [0.15, 0.2) is 12.1 Å². The number of aliphatic hydroxyl groups is 1. The highest BCUT2D eigenvalue weighted by Crippen LogP contribution is 2.23. The summed E-state index contributed by atoms with van der Waals surface area (Å²) in [5.41, 5.74) is 4.27. The normalized spacial score (nSPS) is 17.5. The lowest BCUT2D eigenvalue weighted by molar-refractivity contribution is -0.0734. The number of rotatable bonds is 3. The largest absolute Gasteiger partial charge is 0.398 e. The van der Waals surface area contributed by atoms with Crippen LogP contribution in [0.3, 0.4) is 0 Å². The van der Waals surface area contributed by atoms with Crippen molar-refractivity contribution in [2.75, 3.05) is 32.5 Å². The summed E-state index contributed by atoms with van der Waals surface area (Å²) in [6, 6.07) is 1.55. The van der Waals surface area contributed by atoms with Crippen LogP contribution in [0.4, 0.5) is 14.5 Å². The van der Waals surface area contributed by atoms with Crippen molar-refractivity contribution in [2.45, 2.75) is 18.4 Å². The summed E-state index contributed by atoms with van der Waals surface area (Å²) in [4.78, 5) is 13.5. The SMILES string of the molecule is CN(CC1(O)CCOCC1)C(=O)c1cc(F)c(F)cc1N. The molecule has 0 radical (unpaired) electrons. The average Bonchev–Trinajstić information content (AvgIpc) is 2.42. The standard InChI is InChI=1S/C14H18F2N2O3/c1-18(8-14(20)2-4-21-5-3-14)13(19)9-6-10(15)11(16)7-12(9)17/h6-7,20H,2-5,8,17H2,1H3. The van der Waals surface area contributed by atoms with Crippen LogP contribution in [-0.2, 0) is 4.74 Å². The highest BCUT2D eigenvalue weighted by Gasteiger charge is 2.33. The average molecular weight is 300 g/mol. The molecule has 0 aliphatic carbocycles. The molecule has 1 fully saturated rings. The first-order valence-corrected chi connectivity index (χ1v) is 6.62. The zero-order chi connectivity index (χ0) is 15.6. The number of nitrogen functional groups attached to an aromatic ring is 1. The molecule has 0 bridgehead atoms. The lowest BCUT2D eigenvalue weighted by Gasteiger charge is -2.35. The Hall–Kier alpha value is -1.73. The van der Waals surface area contributed by atoms with E-state index in [2.05, 4.69) is 0 Å². The number of ether oxygens (including phenoxy) is 1. The molecule has 0 atom stereocenters. The molecule has 1 amide bonds. The van der Waals surface area contributed by atoms with Gasteiger partial charge in [-0.3, -0.25) is 4.79 Å². The summed E-state index contributed by atoms with van der Waals surface area (Å²) in [6.45, 7) is 0.922. The zero-order valence-electron chi connectivity index (χ0n) is 11.7. The number of benzene rings is 1. The molecule has 1 saturated heterocycles.